The predicted molar refractivity (Wildman–Crippen MR) is 128 cm³/mol. The summed E-state index contributed by atoms with van der Waals surface area (Å²) in [5, 5.41) is 6.53. The maximum absolute atomic E-state index is 13.7. The van der Waals surface area contributed by atoms with Crippen molar-refractivity contribution < 1.29 is 27.1 Å². The number of imidazole rings is 1. The molecule has 0 radical (unpaired) electrons. The number of hydrogen-bond acceptors (Lipinski definition) is 7. The number of halogens is 4. The van der Waals surface area contributed by atoms with Crippen LogP contribution in [0.5, 0.6) is 5.88 Å². The number of amides is 1. The van der Waals surface area contributed by atoms with Crippen molar-refractivity contribution in [2.45, 2.75) is 12.7 Å². The molecule has 194 valence electrons. The van der Waals surface area contributed by atoms with Gasteiger partial charge in [0.1, 0.15) is 23.2 Å². The number of alkyl halides is 3. The molecule has 3 N–H and O–H groups in total. The maximum atomic E-state index is 13.7. The number of benzene rings is 1. The smallest absolute Gasteiger partial charge is 0.418 e. The van der Waals surface area contributed by atoms with E-state index in [-0.39, 0.29) is 40.2 Å². The number of fused-ring (bicyclic) bond motifs is 1. The van der Waals surface area contributed by atoms with Crippen LogP contribution >= 0.6 is 0 Å². The zero-order valence-electron chi connectivity index (χ0n) is 19.6. The monoisotopic (exact) mass is 526 g/mol. The van der Waals surface area contributed by atoms with Crippen LogP contribution in [-0.2, 0) is 12.7 Å². The number of nitrogens with zero attached hydrogens (tertiary/aromatic N) is 6. The van der Waals surface area contributed by atoms with Crippen molar-refractivity contribution in [3.63, 3.8) is 0 Å². The van der Waals surface area contributed by atoms with Gasteiger partial charge in [-0.25, -0.2) is 23.9 Å². The molecule has 38 heavy (non-hydrogen) atoms. The lowest BCUT2D eigenvalue weighted by atomic mass is 10.1. The average molecular weight is 526 g/mol. The number of methoxy groups -OCH3 is 1. The molecule has 0 aliphatic carbocycles. The van der Waals surface area contributed by atoms with Crippen LogP contribution in [0.3, 0.4) is 0 Å². The summed E-state index contributed by atoms with van der Waals surface area (Å²) in [4.78, 5) is 25.0. The minimum atomic E-state index is -4.73. The number of rotatable bonds is 6. The van der Waals surface area contributed by atoms with Gasteiger partial charge in [-0.15, -0.1) is 0 Å². The largest absolute Gasteiger partial charge is 0.480 e. The molecular weight excluding hydrogens is 508 g/mol. The van der Waals surface area contributed by atoms with Crippen molar-refractivity contribution in [3.05, 3.63) is 84.0 Å². The lowest BCUT2D eigenvalue weighted by molar-refractivity contribution is -0.136. The van der Waals surface area contributed by atoms with Gasteiger partial charge in [-0.3, -0.25) is 4.79 Å². The van der Waals surface area contributed by atoms with E-state index in [9.17, 15) is 22.4 Å². The number of hydrogen-bond donors (Lipinski definition) is 2. The van der Waals surface area contributed by atoms with Crippen molar-refractivity contribution in [2.24, 2.45) is 0 Å². The van der Waals surface area contributed by atoms with Gasteiger partial charge in [0.05, 0.1) is 24.7 Å². The van der Waals surface area contributed by atoms with Gasteiger partial charge in [0.2, 0.25) is 5.88 Å². The van der Waals surface area contributed by atoms with Crippen molar-refractivity contribution >= 4 is 23.1 Å². The maximum Gasteiger partial charge on any atom is 0.418 e. The number of anilines is 2. The summed E-state index contributed by atoms with van der Waals surface area (Å²) in [5.41, 5.74) is 5.19. The molecule has 0 aliphatic rings. The summed E-state index contributed by atoms with van der Waals surface area (Å²) in [6, 6.07) is 8.13. The van der Waals surface area contributed by atoms with E-state index >= 15 is 0 Å². The third-order valence-electron chi connectivity index (χ3n) is 5.63. The topological polar surface area (TPSA) is 125 Å². The molecule has 5 aromatic rings. The summed E-state index contributed by atoms with van der Waals surface area (Å²) in [5.74, 6) is -1.21. The summed E-state index contributed by atoms with van der Waals surface area (Å²) in [6.07, 6.45) is 0.614. The number of carbonyl (C=O) groups excluding carboxylic acids is 1. The van der Waals surface area contributed by atoms with E-state index in [1.54, 1.807) is 22.9 Å². The number of ether oxygens (including phenoxy) is 1. The van der Waals surface area contributed by atoms with Crippen molar-refractivity contribution in [2.75, 3.05) is 18.2 Å². The fraction of sp³-hybridized carbons (Fsp3) is 0.125. The SMILES string of the molecule is COc1ncc(-c2cc(C(F)(F)F)c3c(N)ncnn23)cc1C(=O)Nc1cn(Cc2ccc(F)cc2)cn1. The average Bonchev–Trinajstić information content (AvgIpc) is 3.50. The zero-order valence-corrected chi connectivity index (χ0v) is 19.6. The second-order valence-electron chi connectivity index (χ2n) is 8.14. The van der Waals surface area contributed by atoms with Crippen LogP contribution in [0.1, 0.15) is 21.5 Å². The van der Waals surface area contributed by atoms with E-state index in [1.807, 2.05) is 0 Å². The molecule has 0 unspecified atom stereocenters. The molecule has 10 nitrogen and oxygen atoms in total. The molecule has 0 saturated heterocycles. The van der Waals surface area contributed by atoms with Crippen LogP contribution < -0.4 is 15.8 Å². The molecule has 5 rings (SSSR count). The number of nitrogen functional groups attached to an aromatic ring is 1. The Morgan fingerprint density at radius 1 is 1.13 bits per heavy atom. The molecule has 0 saturated carbocycles. The van der Waals surface area contributed by atoms with Gasteiger partial charge in [0.25, 0.3) is 5.91 Å². The second-order valence-corrected chi connectivity index (χ2v) is 8.14. The molecule has 4 heterocycles. The van der Waals surface area contributed by atoms with Crippen LogP contribution in [0, 0.1) is 5.82 Å². The van der Waals surface area contributed by atoms with Gasteiger partial charge in [0.15, 0.2) is 11.6 Å². The highest BCUT2D eigenvalue weighted by Gasteiger charge is 2.36. The Labute approximate surface area is 211 Å². The van der Waals surface area contributed by atoms with Crippen molar-refractivity contribution in [3.8, 4) is 17.1 Å². The van der Waals surface area contributed by atoms with Gasteiger partial charge < -0.3 is 20.4 Å². The number of carbonyl (C=O) groups is 1. The van der Waals surface area contributed by atoms with Gasteiger partial charge in [-0.05, 0) is 29.8 Å². The summed E-state index contributed by atoms with van der Waals surface area (Å²) >= 11 is 0. The van der Waals surface area contributed by atoms with Gasteiger partial charge >= 0.3 is 6.18 Å². The van der Waals surface area contributed by atoms with E-state index in [0.29, 0.717) is 6.54 Å². The lowest BCUT2D eigenvalue weighted by Crippen LogP contribution is -2.14. The molecule has 0 bridgehead atoms. The highest BCUT2D eigenvalue weighted by Crippen LogP contribution is 2.39. The van der Waals surface area contributed by atoms with Gasteiger partial charge in [-0.2, -0.15) is 18.3 Å². The first-order chi connectivity index (χ1) is 18.1. The first-order valence-corrected chi connectivity index (χ1v) is 11.0. The second kappa shape index (κ2) is 9.46. The molecule has 0 atom stereocenters. The fourth-order valence-electron chi connectivity index (χ4n) is 3.90. The number of nitrogens with two attached hydrogens (primary N) is 1. The predicted octanol–water partition coefficient (Wildman–Crippen LogP) is 4.04. The fourth-order valence-corrected chi connectivity index (χ4v) is 3.90. The van der Waals surface area contributed by atoms with E-state index in [4.69, 9.17) is 10.5 Å². The number of pyridine rings is 1. The van der Waals surface area contributed by atoms with Crippen LogP contribution in [0.2, 0.25) is 0 Å². The minimum Gasteiger partial charge on any atom is -0.480 e. The Hall–Kier alpha value is -5.01. The van der Waals surface area contributed by atoms with E-state index < -0.39 is 23.2 Å². The third kappa shape index (κ3) is 4.70. The molecule has 4 aromatic heterocycles. The van der Waals surface area contributed by atoms with E-state index in [2.05, 4.69) is 25.4 Å². The summed E-state index contributed by atoms with van der Waals surface area (Å²) < 4.78 is 62.1. The molecule has 0 aliphatic heterocycles. The van der Waals surface area contributed by atoms with Crippen LogP contribution in [-0.4, -0.2) is 42.2 Å². The molecular formula is C24H18F4N8O2. The first-order valence-electron chi connectivity index (χ1n) is 11.0. The lowest BCUT2D eigenvalue weighted by Gasteiger charge is -2.10. The molecule has 1 aromatic carbocycles. The zero-order chi connectivity index (χ0) is 27.0. The van der Waals surface area contributed by atoms with E-state index in [0.717, 1.165) is 22.5 Å². The molecule has 0 fully saturated rings. The quantitative estimate of drug-likeness (QED) is 0.320. The standard InChI is InChI=1S/C24H18F4N8O2/c1-38-23-16(22(37)34-19-10-35(12-32-19)9-13-2-4-15(25)5-3-13)6-14(8-30-23)18-7-17(24(26,27)28)20-21(29)31-11-33-36(18)20/h2-8,10-12H,9H2,1H3,(H,34,37)(H2,29,31,33). The highest BCUT2D eigenvalue weighted by molar-refractivity contribution is 6.06. The summed E-state index contributed by atoms with van der Waals surface area (Å²) in [7, 11) is 1.30. The van der Waals surface area contributed by atoms with Crippen molar-refractivity contribution in [1.29, 1.82) is 0 Å². The summed E-state index contributed by atoms with van der Waals surface area (Å²) in [6.45, 7) is 0.386. The molecule has 14 heteroatoms. The third-order valence-corrected chi connectivity index (χ3v) is 5.63. The van der Waals surface area contributed by atoms with Gasteiger partial charge in [0, 0.05) is 24.5 Å². The minimum absolute atomic E-state index is 0.00537. The Morgan fingerprint density at radius 2 is 1.89 bits per heavy atom. The Morgan fingerprint density at radius 3 is 2.61 bits per heavy atom. The van der Waals surface area contributed by atoms with Gasteiger partial charge in [-0.1, -0.05) is 12.1 Å². The normalized spacial score (nSPS) is 11.6. The van der Waals surface area contributed by atoms with Crippen molar-refractivity contribution in [1.82, 2.24) is 29.1 Å². The Kier molecular flexibility index (Phi) is 6.14. The first kappa shape index (κ1) is 24.7. The Bertz CT molecular complexity index is 1640. The molecule has 1 amide bonds. The number of nitrogens with one attached hydrogen (secondary N) is 1. The Balaban J connectivity index is 1.46. The van der Waals surface area contributed by atoms with Crippen LogP contribution in [0.15, 0.2) is 61.4 Å². The van der Waals surface area contributed by atoms with E-state index in [1.165, 1.54) is 37.8 Å². The van der Waals surface area contributed by atoms with Crippen LogP contribution in [0.4, 0.5) is 29.2 Å². The number of aromatic nitrogens is 6. The highest BCUT2D eigenvalue weighted by atomic mass is 19.4. The molecule has 0 spiro atoms. The van der Waals surface area contributed by atoms with Crippen LogP contribution in [0.25, 0.3) is 16.8 Å².